The summed E-state index contributed by atoms with van der Waals surface area (Å²) in [5.41, 5.74) is 1.52. The minimum atomic E-state index is -0.501. The highest BCUT2D eigenvalue weighted by atomic mass is 19.1. The Kier molecular flexibility index (Phi) is 2.91. The third-order valence-electron chi connectivity index (χ3n) is 3.11. The summed E-state index contributed by atoms with van der Waals surface area (Å²) < 4.78 is 13.3. The van der Waals surface area contributed by atoms with E-state index in [4.69, 9.17) is 0 Å². The molecule has 1 aliphatic rings. The Hall–Kier alpha value is -2.75. The summed E-state index contributed by atoms with van der Waals surface area (Å²) in [4.78, 5) is 23.9. The fraction of sp³-hybridized carbons (Fsp3) is 0. The van der Waals surface area contributed by atoms with E-state index in [-0.39, 0.29) is 11.1 Å². The van der Waals surface area contributed by atoms with Crippen molar-refractivity contribution in [2.75, 3.05) is 0 Å². The molecule has 3 nitrogen and oxygen atoms in total. The zero-order chi connectivity index (χ0) is 14.1. The van der Waals surface area contributed by atoms with Gasteiger partial charge in [-0.15, -0.1) is 0 Å². The number of amides is 2. The molecule has 1 N–H and O–H groups in total. The first-order chi connectivity index (χ1) is 9.66. The van der Waals surface area contributed by atoms with Gasteiger partial charge < -0.3 is 0 Å². The lowest BCUT2D eigenvalue weighted by Gasteiger charge is -2.04. The Bertz CT molecular complexity index is 735. The molecule has 0 fully saturated rings. The smallest absolute Gasteiger partial charge is 0.259 e. The van der Waals surface area contributed by atoms with Gasteiger partial charge in [0.25, 0.3) is 11.8 Å². The van der Waals surface area contributed by atoms with Crippen molar-refractivity contribution in [3.05, 3.63) is 71.5 Å². The molecule has 2 aromatic carbocycles. The maximum atomic E-state index is 13.3. The first-order valence-corrected chi connectivity index (χ1v) is 6.08. The van der Waals surface area contributed by atoms with Crippen molar-refractivity contribution in [1.29, 1.82) is 0 Å². The molecule has 0 spiro atoms. The van der Waals surface area contributed by atoms with Gasteiger partial charge in [-0.25, -0.2) is 4.39 Å². The SMILES string of the molecule is O=C1NC(=O)C(c2cccc(F)c2)=C1c1ccccc1. The van der Waals surface area contributed by atoms with Crippen molar-refractivity contribution < 1.29 is 14.0 Å². The minimum absolute atomic E-state index is 0.209. The molecular weight excluding hydrogens is 257 g/mol. The fourth-order valence-electron chi connectivity index (χ4n) is 2.25. The van der Waals surface area contributed by atoms with Gasteiger partial charge in [0.2, 0.25) is 0 Å². The molecule has 4 heteroatoms. The standard InChI is InChI=1S/C16H10FNO2/c17-12-8-4-7-11(9-12)14-13(15(19)18-16(14)20)10-5-2-1-3-6-10/h1-9H,(H,18,19,20). The molecule has 2 aromatic rings. The fourth-order valence-corrected chi connectivity index (χ4v) is 2.25. The van der Waals surface area contributed by atoms with E-state index >= 15 is 0 Å². The average molecular weight is 267 g/mol. The molecule has 0 radical (unpaired) electrons. The van der Waals surface area contributed by atoms with Crippen LogP contribution in [-0.4, -0.2) is 11.8 Å². The summed E-state index contributed by atoms with van der Waals surface area (Å²) in [5.74, 6) is -1.41. The van der Waals surface area contributed by atoms with Gasteiger partial charge in [-0.3, -0.25) is 14.9 Å². The number of benzene rings is 2. The van der Waals surface area contributed by atoms with Gasteiger partial charge in [0.15, 0.2) is 0 Å². The Morgan fingerprint density at radius 1 is 0.750 bits per heavy atom. The lowest BCUT2D eigenvalue weighted by atomic mass is 9.96. The van der Waals surface area contributed by atoms with E-state index in [0.29, 0.717) is 11.1 Å². The second-order valence-electron chi connectivity index (χ2n) is 4.41. The average Bonchev–Trinajstić information content (AvgIpc) is 2.74. The van der Waals surface area contributed by atoms with E-state index in [1.54, 1.807) is 30.3 Å². The normalized spacial score (nSPS) is 14.7. The van der Waals surface area contributed by atoms with E-state index in [9.17, 15) is 14.0 Å². The summed E-state index contributed by atoms with van der Waals surface area (Å²) >= 11 is 0. The van der Waals surface area contributed by atoms with Gasteiger partial charge >= 0.3 is 0 Å². The van der Waals surface area contributed by atoms with Crippen LogP contribution < -0.4 is 5.32 Å². The number of hydrogen-bond donors (Lipinski definition) is 1. The highest BCUT2D eigenvalue weighted by Crippen LogP contribution is 2.31. The van der Waals surface area contributed by atoms with E-state index in [0.717, 1.165) is 0 Å². The van der Waals surface area contributed by atoms with Crippen LogP contribution in [0.1, 0.15) is 11.1 Å². The molecule has 1 heterocycles. The molecule has 0 aromatic heterocycles. The molecule has 0 atom stereocenters. The first kappa shape index (κ1) is 12.3. The zero-order valence-corrected chi connectivity index (χ0v) is 10.4. The van der Waals surface area contributed by atoms with Gasteiger partial charge in [-0.1, -0.05) is 42.5 Å². The van der Waals surface area contributed by atoms with Crippen molar-refractivity contribution in [3.8, 4) is 0 Å². The first-order valence-electron chi connectivity index (χ1n) is 6.08. The van der Waals surface area contributed by atoms with Gasteiger partial charge in [0.05, 0.1) is 11.1 Å². The van der Waals surface area contributed by atoms with E-state index in [1.165, 1.54) is 18.2 Å². The van der Waals surface area contributed by atoms with E-state index in [1.807, 2.05) is 6.07 Å². The van der Waals surface area contributed by atoms with Gasteiger partial charge in [-0.05, 0) is 23.3 Å². The predicted octanol–water partition coefficient (Wildman–Crippen LogP) is 2.39. The van der Waals surface area contributed by atoms with Crippen molar-refractivity contribution in [2.24, 2.45) is 0 Å². The Labute approximate surface area is 114 Å². The molecule has 0 saturated carbocycles. The molecule has 1 aliphatic heterocycles. The lowest BCUT2D eigenvalue weighted by molar-refractivity contribution is -0.122. The topological polar surface area (TPSA) is 46.2 Å². The zero-order valence-electron chi connectivity index (χ0n) is 10.4. The maximum absolute atomic E-state index is 13.3. The van der Waals surface area contributed by atoms with Crippen LogP contribution in [0.25, 0.3) is 11.1 Å². The molecule has 0 unspecified atom stereocenters. The van der Waals surface area contributed by atoms with Crippen molar-refractivity contribution in [1.82, 2.24) is 5.32 Å². The molecule has 0 saturated heterocycles. The van der Waals surface area contributed by atoms with Crippen molar-refractivity contribution >= 4 is 23.0 Å². The largest absolute Gasteiger partial charge is 0.288 e. The van der Waals surface area contributed by atoms with Crippen LogP contribution in [0.2, 0.25) is 0 Å². The van der Waals surface area contributed by atoms with Crippen LogP contribution in [0.4, 0.5) is 4.39 Å². The highest BCUT2D eigenvalue weighted by molar-refractivity contribution is 6.49. The Morgan fingerprint density at radius 2 is 1.35 bits per heavy atom. The quantitative estimate of drug-likeness (QED) is 0.849. The minimum Gasteiger partial charge on any atom is -0.288 e. The molecular formula is C16H10FNO2. The number of nitrogens with one attached hydrogen (secondary N) is 1. The molecule has 0 bridgehead atoms. The summed E-state index contributed by atoms with van der Waals surface area (Å²) in [5, 5.41) is 2.26. The second kappa shape index (κ2) is 4.74. The van der Waals surface area contributed by atoms with Crippen molar-refractivity contribution in [2.45, 2.75) is 0 Å². The third-order valence-corrected chi connectivity index (χ3v) is 3.11. The van der Waals surface area contributed by atoms with Crippen LogP contribution in [0.5, 0.6) is 0 Å². The van der Waals surface area contributed by atoms with Gasteiger partial charge in [0, 0.05) is 0 Å². The lowest BCUT2D eigenvalue weighted by Crippen LogP contribution is -2.22. The number of halogens is 1. The van der Waals surface area contributed by atoms with Crippen LogP contribution >= 0.6 is 0 Å². The highest BCUT2D eigenvalue weighted by Gasteiger charge is 2.31. The summed E-state index contributed by atoms with van der Waals surface area (Å²) in [6.07, 6.45) is 0. The van der Waals surface area contributed by atoms with Crippen LogP contribution in [0.3, 0.4) is 0 Å². The number of imide groups is 1. The summed E-state index contributed by atoms with van der Waals surface area (Å²) in [6, 6.07) is 14.5. The van der Waals surface area contributed by atoms with Crippen LogP contribution in [0.15, 0.2) is 54.6 Å². The molecule has 20 heavy (non-hydrogen) atoms. The third kappa shape index (κ3) is 2.01. The predicted molar refractivity (Wildman–Crippen MR) is 72.8 cm³/mol. The Balaban J connectivity index is 2.24. The summed E-state index contributed by atoms with van der Waals surface area (Å²) in [6.45, 7) is 0. The van der Waals surface area contributed by atoms with Crippen LogP contribution in [-0.2, 0) is 9.59 Å². The van der Waals surface area contributed by atoms with Crippen LogP contribution in [0, 0.1) is 5.82 Å². The van der Waals surface area contributed by atoms with Crippen molar-refractivity contribution in [3.63, 3.8) is 0 Å². The number of carbonyl (C=O) groups excluding carboxylic acids is 2. The van der Waals surface area contributed by atoms with E-state index in [2.05, 4.69) is 5.32 Å². The maximum Gasteiger partial charge on any atom is 0.259 e. The van der Waals surface area contributed by atoms with Gasteiger partial charge in [-0.2, -0.15) is 0 Å². The molecule has 0 aliphatic carbocycles. The van der Waals surface area contributed by atoms with Gasteiger partial charge in [0.1, 0.15) is 5.82 Å². The van der Waals surface area contributed by atoms with E-state index < -0.39 is 17.6 Å². The number of carbonyl (C=O) groups is 2. The molecule has 3 rings (SSSR count). The molecule has 98 valence electrons. The molecule has 2 amide bonds. The number of hydrogen-bond acceptors (Lipinski definition) is 2. The monoisotopic (exact) mass is 267 g/mol. The number of rotatable bonds is 2. The second-order valence-corrected chi connectivity index (χ2v) is 4.41. The summed E-state index contributed by atoms with van der Waals surface area (Å²) in [7, 11) is 0. The Morgan fingerprint density at radius 3 is 2.00 bits per heavy atom.